The van der Waals surface area contributed by atoms with Crippen LogP contribution in [0.4, 0.5) is 0 Å². The van der Waals surface area contributed by atoms with Gasteiger partial charge in [-0.1, -0.05) is 19.8 Å². The predicted molar refractivity (Wildman–Crippen MR) is 41.0 cm³/mol. The van der Waals surface area contributed by atoms with Gasteiger partial charge in [-0.25, -0.2) is 0 Å². The maximum Gasteiger partial charge on any atom is 0.181 e. The zero-order valence-electron chi connectivity index (χ0n) is 6.86. The molecule has 1 aliphatic heterocycles. The molecule has 1 aliphatic rings. The summed E-state index contributed by atoms with van der Waals surface area (Å²) in [5, 5.41) is 18.1. The Balaban J connectivity index is 2.18. The number of aliphatic hydroxyl groups is 2. The molecule has 0 aliphatic carbocycles. The molecule has 1 fully saturated rings. The van der Waals surface area contributed by atoms with E-state index in [1.165, 1.54) is 0 Å². The van der Waals surface area contributed by atoms with E-state index >= 15 is 0 Å². The second kappa shape index (κ2) is 4.04. The number of aliphatic hydroxyl groups excluding tert-OH is 2. The lowest BCUT2D eigenvalue weighted by Gasteiger charge is -2.07. The number of hydrogen-bond acceptors (Lipinski definition) is 3. The molecule has 0 saturated carbocycles. The van der Waals surface area contributed by atoms with E-state index in [1.807, 2.05) is 0 Å². The van der Waals surface area contributed by atoms with E-state index in [4.69, 9.17) is 14.9 Å². The van der Waals surface area contributed by atoms with Crippen LogP contribution < -0.4 is 0 Å². The van der Waals surface area contributed by atoms with Crippen LogP contribution in [0.5, 0.6) is 0 Å². The fraction of sp³-hybridized carbons (Fsp3) is 1.00. The highest BCUT2D eigenvalue weighted by molar-refractivity contribution is 4.75. The second-order valence-electron chi connectivity index (χ2n) is 3.09. The van der Waals surface area contributed by atoms with Crippen molar-refractivity contribution in [1.82, 2.24) is 0 Å². The summed E-state index contributed by atoms with van der Waals surface area (Å²) >= 11 is 0. The van der Waals surface area contributed by atoms with Crippen LogP contribution in [-0.2, 0) is 4.74 Å². The first-order valence-electron chi connectivity index (χ1n) is 4.25. The van der Waals surface area contributed by atoms with Gasteiger partial charge < -0.3 is 14.9 Å². The lowest BCUT2D eigenvalue weighted by Crippen LogP contribution is -2.19. The van der Waals surface area contributed by atoms with Crippen LogP contribution in [0.15, 0.2) is 0 Å². The molecule has 3 unspecified atom stereocenters. The highest BCUT2D eigenvalue weighted by Crippen LogP contribution is 2.22. The monoisotopic (exact) mass is 160 g/mol. The lowest BCUT2D eigenvalue weighted by molar-refractivity contribution is -0.127. The van der Waals surface area contributed by atoms with E-state index in [-0.39, 0.29) is 6.10 Å². The van der Waals surface area contributed by atoms with Gasteiger partial charge in [-0.2, -0.15) is 0 Å². The molecule has 0 radical (unpaired) electrons. The van der Waals surface area contributed by atoms with Gasteiger partial charge in [0, 0.05) is 6.42 Å². The highest BCUT2D eigenvalue weighted by Gasteiger charge is 2.31. The highest BCUT2D eigenvalue weighted by atomic mass is 16.6. The fourth-order valence-electron chi connectivity index (χ4n) is 1.35. The Morgan fingerprint density at radius 2 is 2.18 bits per heavy atom. The molecule has 0 aromatic rings. The number of rotatable bonds is 3. The Kier molecular flexibility index (Phi) is 3.30. The average molecular weight is 160 g/mol. The zero-order chi connectivity index (χ0) is 8.27. The van der Waals surface area contributed by atoms with E-state index in [1.54, 1.807) is 0 Å². The second-order valence-corrected chi connectivity index (χ2v) is 3.09. The van der Waals surface area contributed by atoms with Crippen molar-refractivity contribution in [2.45, 2.75) is 51.1 Å². The Bertz CT molecular complexity index is 106. The van der Waals surface area contributed by atoms with Crippen LogP contribution >= 0.6 is 0 Å². The third kappa shape index (κ3) is 2.43. The van der Waals surface area contributed by atoms with Gasteiger partial charge in [-0.15, -0.1) is 0 Å². The molecule has 0 bridgehead atoms. The first kappa shape index (κ1) is 8.97. The summed E-state index contributed by atoms with van der Waals surface area (Å²) in [4.78, 5) is 0. The first-order valence-corrected chi connectivity index (χ1v) is 4.25. The summed E-state index contributed by atoms with van der Waals surface area (Å²) < 4.78 is 5.08. The summed E-state index contributed by atoms with van der Waals surface area (Å²) in [5.74, 6) is 0. The van der Waals surface area contributed by atoms with Gasteiger partial charge in [-0.05, 0) is 6.42 Å². The minimum atomic E-state index is -0.947. The van der Waals surface area contributed by atoms with Crippen LogP contribution in [0.25, 0.3) is 0 Å². The third-order valence-electron chi connectivity index (χ3n) is 2.05. The number of hydrogen-bond donors (Lipinski definition) is 2. The van der Waals surface area contributed by atoms with Gasteiger partial charge in [0.2, 0.25) is 0 Å². The standard InChI is InChI=1S/C8H16O3/c1-2-3-4-6-5-7(9)8(10)11-6/h6-10H,2-5H2,1H3. The van der Waals surface area contributed by atoms with E-state index in [0.29, 0.717) is 6.42 Å². The van der Waals surface area contributed by atoms with Gasteiger partial charge in [0.25, 0.3) is 0 Å². The molecular weight excluding hydrogens is 144 g/mol. The molecule has 0 amide bonds. The van der Waals surface area contributed by atoms with Crippen molar-refractivity contribution in [2.75, 3.05) is 0 Å². The summed E-state index contributed by atoms with van der Waals surface area (Å²) in [6.07, 6.45) is 2.22. The predicted octanol–water partition coefficient (Wildman–Crippen LogP) is 0.645. The molecule has 3 nitrogen and oxygen atoms in total. The molecule has 2 N–H and O–H groups in total. The van der Waals surface area contributed by atoms with Crippen LogP contribution in [-0.4, -0.2) is 28.7 Å². The molecule has 3 atom stereocenters. The van der Waals surface area contributed by atoms with Crippen molar-refractivity contribution in [2.24, 2.45) is 0 Å². The van der Waals surface area contributed by atoms with Gasteiger partial charge >= 0.3 is 0 Å². The first-order chi connectivity index (χ1) is 5.24. The molecule has 11 heavy (non-hydrogen) atoms. The summed E-state index contributed by atoms with van der Waals surface area (Å²) in [6, 6.07) is 0. The van der Waals surface area contributed by atoms with E-state index < -0.39 is 12.4 Å². The van der Waals surface area contributed by atoms with Crippen LogP contribution in [0, 0.1) is 0 Å². The largest absolute Gasteiger partial charge is 0.388 e. The topological polar surface area (TPSA) is 49.7 Å². The van der Waals surface area contributed by atoms with Crippen LogP contribution in [0.1, 0.15) is 32.6 Å². The van der Waals surface area contributed by atoms with Crippen molar-refractivity contribution in [3.05, 3.63) is 0 Å². The Hall–Kier alpha value is -0.120. The minimum Gasteiger partial charge on any atom is -0.388 e. The maximum atomic E-state index is 9.09. The van der Waals surface area contributed by atoms with Crippen molar-refractivity contribution in [3.63, 3.8) is 0 Å². The normalized spacial score (nSPS) is 37.9. The zero-order valence-corrected chi connectivity index (χ0v) is 6.86. The van der Waals surface area contributed by atoms with E-state index in [0.717, 1.165) is 19.3 Å². The van der Waals surface area contributed by atoms with E-state index in [9.17, 15) is 0 Å². The van der Waals surface area contributed by atoms with Gasteiger partial charge in [-0.3, -0.25) is 0 Å². The Labute approximate surface area is 67.0 Å². The van der Waals surface area contributed by atoms with Crippen molar-refractivity contribution >= 4 is 0 Å². The summed E-state index contributed by atoms with van der Waals surface area (Å²) in [7, 11) is 0. The minimum absolute atomic E-state index is 0.0694. The van der Waals surface area contributed by atoms with Crippen molar-refractivity contribution < 1.29 is 14.9 Å². The van der Waals surface area contributed by atoms with Crippen LogP contribution in [0.2, 0.25) is 0 Å². The molecule has 1 rings (SSSR count). The molecule has 0 aromatic carbocycles. The lowest BCUT2D eigenvalue weighted by atomic mass is 10.1. The molecule has 66 valence electrons. The third-order valence-corrected chi connectivity index (χ3v) is 2.05. The maximum absolute atomic E-state index is 9.09. The average Bonchev–Trinajstić information content (AvgIpc) is 2.28. The molecule has 1 heterocycles. The van der Waals surface area contributed by atoms with Gasteiger partial charge in [0.1, 0.15) is 6.10 Å². The smallest absolute Gasteiger partial charge is 0.181 e. The molecule has 0 aromatic heterocycles. The quantitative estimate of drug-likeness (QED) is 0.637. The summed E-state index contributed by atoms with van der Waals surface area (Å²) in [5.41, 5.74) is 0. The van der Waals surface area contributed by atoms with Crippen LogP contribution in [0.3, 0.4) is 0 Å². The Morgan fingerprint density at radius 1 is 1.45 bits per heavy atom. The number of ether oxygens (including phenoxy) is 1. The molecule has 1 saturated heterocycles. The molecule has 0 spiro atoms. The molecular formula is C8H16O3. The van der Waals surface area contributed by atoms with Gasteiger partial charge in [0.15, 0.2) is 6.29 Å². The fourth-order valence-corrected chi connectivity index (χ4v) is 1.35. The SMILES string of the molecule is CCCCC1CC(O)C(O)O1. The van der Waals surface area contributed by atoms with Gasteiger partial charge in [0.05, 0.1) is 6.10 Å². The Morgan fingerprint density at radius 3 is 2.64 bits per heavy atom. The van der Waals surface area contributed by atoms with Crippen molar-refractivity contribution in [1.29, 1.82) is 0 Å². The van der Waals surface area contributed by atoms with E-state index in [2.05, 4.69) is 6.92 Å². The summed E-state index contributed by atoms with van der Waals surface area (Å²) in [6.45, 7) is 2.11. The molecule has 3 heteroatoms. The van der Waals surface area contributed by atoms with Crippen molar-refractivity contribution in [3.8, 4) is 0 Å². The number of unbranched alkanes of at least 4 members (excludes halogenated alkanes) is 1.